The van der Waals surface area contributed by atoms with Crippen LogP contribution in [0.25, 0.3) is 0 Å². The summed E-state index contributed by atoms with van der Waals surface area (Å²) in [7, 11) is 0. The number of nitrogens with one attached hydrogen (secondary N) is 1. The molecule has 3 heteroatoms. The third-order valence-corrected chi connectivity index (χ3v) is 2.80. The van der Waals surface area contributed by atoms with Crippen molar-refractivity contribution in [3.63, 3.8) is 0 Å². The van der Waals surface area contributed by atoms with Crippen LogP contribution in [0, 0.1) is 0 Å². The molecule has 0 aliphatic carbocycles. The molecule has 1 N–H and O–H groups in total. The first-order chi connectivity index (χ1) is 7.31. The Hall–Kier alpha value is -0.830. The van der Waals surface area contributed by atoms with Crippen LogP contribution in [0.4, 0.5) is 0 Å². The Balaban J connectivity index is 2.45. The van der Waals surface area contributed by atoms with E-state index in [0.29, 0.717) is 6.04 Å². The Bertz CT molecular complexity index is 264. The lowest BCUT2D eigenvalue weighted by Crippen LogP contribution is -2.28. The molecular formula is C12H23N3. The lowest BCUT2D eigenvalue weighted by molar-refractivity contribution is 0.463. The van der Waals surface area contributed by atoms with Gasteiger partial charge in [-0.25, -0.2) is 0 Å². The van der Waals surface area contributed by atoms with Gasteiger partial charge in [0.25, 0.3) is 0 Å². The largest absolute Gasteiger partial charge is 0.308 e. The maximum atomic E-state index is 4.31. The van der Waals surface area contributed by atoms with E-state index in [9.17, 15) is 0 Å². The molecule has 0 bridgehead atoms. The molecule has 1 aromatic rings. The minimum Gasteiger partial charge on any atom is -0.308 e. The Kier molecular flexibility index (Phi) is 5.40. The Morgan fingerprint density at radius 2 is 2.07 bits per heavy atom. The van der Waals surface area contributed by atoms with Gasteiger partial charge in [-0.15, -0.1) is 0 Å². The van der Waals surface area contributed by atoms with E-state index in [1.54, 1.807) is 0 Å². The van der Waals surface area contributed by atoms with Gasteiger partial charge in [-0.05, 0) is 25.3 Å². The predicted molar refractivity (Wildman–Crippen MR) is 63.7 cm³/mol. The molecule has 86 valence electrons. The molecule has 1 aromatic heterocycles. The molecule has 0 unspecified atom stereocenters. The van der Waals surface area contributed by atoms with Crippen LogP contribution in [0.1, 0.15) is 45.7 Å². The molecule has 0 radical (unpaired) electrons. The lowest BCUT2D eigenvalue weighted by Gasteiger charge is -2.15. The monoisotopic (exact) mass is 209 g/mol. The van der Waals surface area contributed by atoms with E-state index in [2.05, 4.69) is 41.9 Å². The molecule has 3 nitrogen and oxygen atoms in total. The molecule has 15 heavy (non-hydrogen) atoms. The molecule has 0 aliphatic rings. The number of hydrogen-bond donors (Lipinski definition) is 1. The maximum absolute atomic E-state index is 4.31. The van der Waals surface area contributed by atoms with Crippen molar-refractivity contribution in [2.75, 3.05) is 0 Å². The average molecular weight is 209 g/mol. The number of aromatic nitrogens is 2. The second-order valence-corrected chi connectivity index (χ2v) is 3.94. The van der Waals surface area contributed by atoms with Crippen LogP contribution in [0.3, 0.4) is 0 Å². The summed E-state index contributed by atoms with van der Waals surface area (Å²) in [4.78, 5) is 0. The minimum absolute atomic E-state index is 0.634. The van der Waals surface area contributed by atoms with Crippen LogP contribution in [-0.2, 0) is 13.1 Å². The zero-order chi connectivity index (χ0) is 11.1. The number of nitrogens with zero attached hydrogens (tertiary/aromatic N) is 2. The van der Waals surface area contributed by atoms with Gasteiger partial charge in [0.2, 0.25) is 0 Å². The smallest absolute Gasteiger partial charge is 0.0522 e. The van der Waals surface area contributed by atoms with Crippen molar-refractivity contribution < 1.29 is 0 Å². The van der Waals surface area contributed by atoms with Gasteiger partial charge in [-0.2, -0.15) is 5.10 Å². The van der Waals surface area contributed by atoms with Crippen LogP contribution >= 0.6 is 0 Å². The second kappa shape index (κ2) is 6.62. The molecule has 0 fully saturated rings. The summed E-state index contributed by atoms with van der Waals surface area (Å²) in [6.07, 6.45) is 5.41. The van der Waals surface area contributed by atoms with Crippen molar-refractivity contribution in [3.05, 3.63) is 18.0 Å². The molecule has 0 spiro atoms. The van der Waals surface area contributed by atoms with Gasteiger partial charge in [-0.3, -0.25) is 4.68 Å². The number of hydrogen-bond acceptors (Lipinski definition) is 2. The van der Waals surface area contributed by atoms with Crippen LogP contribution in [0.5, 0.6) is 0 Å². The molecule has 1 heterocycles. The molecule has 0 saturated carbocycles. The summed E-state index contributed by atoms with van der Waals surface area (Å²) in [6.45, 7) is 8.59. The van der Waals surface area contributed by atoms with E-state index in [1.165, 1.54) is 18.5 Å². The topological polar surface area (TPSA) is 29.9 Å². The van der Waals surface area contributed by atoms with Gasteiger partial charge in [0.1, 0.15) is 0 Å². The predicted octanol–water partition coefficient (Wildman–Crippen LogP) is 2.57. The van der Waals surface area contributed by atoms with Crippen LogP contribution < -0.4 is 5.32 Å². The van der Waals surface area contributed by atoms with Crippen molar-refractivity contribution in [1.29, 1.82) is 0 Å². The Labute approximate surface area is 92.9 Å². The van der Waals surface area contributed by atoms with Crippen molar-refractivity contribution in [3.8, 4) is 0 Å². The van der Waals surface area contributed by atoms with Gasteiger partial charge in [0.15, 0.2) is 0 Å². The van der Waals surface area contributed by atoms with Gasteiger partial charge < -0.3 is 5.32 Å². The highest BCUT2D eigenvalue weighted by Crippen LogP contribution is 2.03. The van der Waals surface area contributed by atoms with Crippen molar-refractivity contribution in [2.24, 2.45) is 0 Å². The second-order valence-electron chi connectivity index (χ2n) is 3.94. The van der Waals surface area contributed by atoms with E-state index in [-0.39, 0.29) is 0 Å². The molecular weight excluding hydrogens is 186 g/mol. The zero-order valence-electron chi connectivity index (χ0n) is 10.2. The van der Waals surface area contributed by atoms with Gasteiger partial charge in [0.05, 0.1) is 5.69 Å². The maximum Gasteiger partial charge on any atom is 0.0522 e. The highest BCUT2D eigenvalue weighted by molar-refractivity contribution is 5.00. The Morgan fingerprint density at radius 1 is 1.33 bits per heavy atom. The highest BCUT2D eigenvalue weighted by atomic mass is 15.3. The highest BCUT2D eigenvalue weighted by Gasteiger charge is 2.05. The van der Waals surface area contributed by atoms with E-state index in [1.807, 2.05) is 6.20 Å². The van der Waals surface area contributed by atoms with E-state index >= 15 is 0 Å². The average Bonchev–Trinajstić information content (AvgIpc) is 2.68. The number of aryl methyl sites for hydroxylation is 1. The molecule has 0 atom stereocenters. The third kappa shape index (κ3) is 3.67. The van der Waals surface area contributed by atoms with Gasteiger partial charge >= 0.3 is 0 Å². The fourth-order valence-electron chi connectivity index (χ4n) is 1.75. The lowest BCUT2D eigenvalue weighted by atomic mass is 10.2. The first-order valence-electron chi connectivity index (χ1n) is 6.05. The Morgan fingerprint density at radius 3 is 2.67 bits per heavy atom. The summed E-state index contributed by atoms with van der Waals surface area (Å²) in [6, 6.07) is 2.74. The van der Waals surface area contributed by atoms with Crippen LogP contribution in [-0.4, -0.2) is 15.8 Å². The summed E-state index contributed by atoms with van der Waals surface area (Å²) < 4.78 is 2.09. The summed E-state index contributed by atoms with van der Waals surface area (Å²) >= 11 is 0. The summed E-state index contributed by atoms with van der Waals surface area (Å²) in [5.74, 6) is 0. The molecule has 0 saturated heterocycles. The first kappa shape index (κ1) is 12.2. The standard InChI is InChI=1S/C12H23N3/c1-4-9-15-12(7-8-14-15)10-13-11(5-2)6-3/h7-8,11,13H,4-6,9-10H2,1-3H3. The summed E-state index contributed by atoms with van der Waals surface area (Å²) in [5.41, 5.74) is 1.30. The molecule has 0 aliphatic heterocycles. The normalized spacial score (nSPS) is 11.2. The van der Waals surface area contributed by atoms with E-state index in [0.717, 1.165) is 19.5 Å². The van der Waals surface area contributed by atoms with Crippen LogP contribution in [0.2, 0.25) is 0 Å². The number of rotatable bonds is 7. The molecule has 0 amide bonds. The molecule has 0 aromatic carbocycles. The SMILES string of the molecule is CCCn1nccc1CNC(CC)CC. The fourth-order valence-corrected chi connectivity index (χ4v) is 1.75. The minimum atomic E-state index is 0.634. The van der Waals surface area contributed by atoms with Crippen LogP contribution in [0.15, 0.2) is 12.3 Å². The quantitative estimate of drug-likeness (QED) is 0.748. The van der Waals surface area contributed by atoms with Gasteiger partial charge in [-0.1, -0.05) is 20.8 Å². The van der Waals surface area contributed by atoms with Crippen molar-refractivity contribution in [2.45, 2.75) is 59.2 Å². The van der Waals surface area contributed by atoms with Gasteiger partial charge in [0, 0.05) is 25.3 Å². The first-order valence-corrected chi connectivity index (χ1v) is 6.05. The summed E-state index contributed by atoms with van der Waals surface area (Å²) in [5, 5.41) is 7.87. The zero-order valence-corrected chi connectivity index (χ0v) is 10.2. The van der Waals surface area contributed by atoms with E-state index < -0.39 is 0 Å². The van der Waals surface area contributed by atoms with Crippen molar-refractivity contribution >= 4 is 0 Å². The molecule has 1 rings (SSSR count). The van der Waals surface area contributed by atoms with E-state index in [4.69, 9.17) is 0 Å². The third-order valence-electron chi connectivity index (χ3n) is 2.80. The fraction of sp³-hybridized carbons (Fsp3) is 0.750. The van der Waals surface area contributed by atoms with Crippen molar-refractivity contribution in [1.82, 2.24) is 15.1 Å².